The number of urea groups is 1. The highest BCUT2D eigenvalue weighted by molar-refractivity contribution is 5.74. The van der Waals surface area contributed by atoms with Crippen LogP contribution in [0.2, 0.25) is 0 Å². The summed E-state index contributed by atoms with van der Waals surface area (Å²) < 4.78 is 0. The van der Waals surface area contributed by atoms with Crippen LogP contribution in [0.1, 0.15) is 37.8 Å². The van der Waals surface area contributed by atoms with E-state index in [1.165, 1.54) is 18.4 Å². The van der Waals surface area contributed by atoms with Crippen molar-refractivity contribution in [2.75, 3.05) is 39.3 Å². The molecular formula is C20H31N3O2. The van der Waals surface area contributed by atoms with E-state index in [0.29, 0.717) is 13.1 Å². The van der Waals surface area contributed by atoms with Gasteiger partial charge in [-0.25, -0.2) is 4.79 Å². The summed E-state index contributed by atoms with van der Waals surface area (Å²) in [5, 5.41) is 12.4. The number of carbonyl (C=O) groups excluding carboxylic acids is 1. The van der Waals surface area contributed by atoms with Crippen LogP contribution in [-0.2, 0) is 0 Å². The molecule has 2 aliphatic rings. The number of nitrogens with zero attached hydrogens (tertiary/aromatic N) is 2. The zero-order valence-electron chi connectivity index (χ0n) is 15.2. The van der Waals surface area contributed by atoms with E-state index in [-0.39, 0.29) is 24.6 Å². The third-order valence-electron chi connectivity index (χ3n) is 5.72. The molecule has 5 nitrogen and oxygen atoms in total. The van der Waals surface area contributed by atoms with Crippen molar-refractivity contribution in [1.82, 2.24) is 15.1 Å². The molecule has 1 aromatic rings. The van der Waals surface area contributed by atoms with Gasteiger partial charge in [0.15, 0.2) is 0 Å². The fourth-order valence-electron chi connectivity index (χ4n) is 3.94. The second-order valence-electron chi connectivity index (χ2n) is 7.61. The molecule has 2 N–H and O–H groups in total. The molecule has 2 fully saturated rings. The van der Waals surface area contributed by atoms with Gasteiger partial charge in [0.2, 0.25) is 0 Å². The molecule has 2 amide bonds. The second kappa shape index (κ2) is 8.68. The zero-order chi connectivity index (χ0) is 17.6. The Morgan fingerprint density at radius 1 is 1.20 bits per heavy atom. The van der Waals surface area contributed by atoms with Crippen molar-refractivity contribution >= 4 is 6.03 Å². The molecule has 1 aromatic carbocycles. The number of piperidine rings is 1. The van der Waals surface area contributed by atoms with Crippen LogP contribution in [0.25, 0.3) is 0 Å². The van der Waals surface area contributed by atoms with Gasteiger partial charge in [-0.2, -0.15) is 0 Å². The highest BCUT2D eigenvalue weighted by atomic mass is 16.3. The van der Waals surface area contributed by atoms with Crippen molar-refractivity contribution in [1.29, 1.82) is 0 Å². The van der Waals surface area contributed by atoms with Crippen molar-refractivity contribution < 1.29 is 9.90 Å². The summed E-state index contributed by atoms with van der Waals surface area (Å²) >= 11 is 0. The lowest BCUT2D eigenvalue weighted by atomic mass is 9.95. The van der Waals surface area contributed by atoms with Crippen molar-refractivity contribution in [3.63, 3.8) is 0 Å². The summed E-state index contributed by atoms with van der Waals surface area (Å²) in [6, 6.07) is 10.7. The molecular weight excluding hydrogens is 314 g/mol. The minimum Gasteiger partial charge on any atom is -0.396 e. The van der Waals surface area contributed by atoms with Gasteiger partial charge >= 0.3 is 6.03 Å². The van der Waals surface area contributed by atoms with E-state index in [1.54, 1.807) is 0 Å². The Morgan fingerprint density at radius 2 is 1.92 bits per heavy atom. The topological polar surface area (TPSA) is 55.8 Å². The number of aliphatic hydroxyl groups is 1. The second-order valence-corrected chi connectivity index (χ2v) is 7.61. The van der Waals surface area contributed by atoms with Gasteiger partial charge in [-0.3, -0.25) is 4.90 Å². The zero-order valence-corrected chi connectivity index (χ0v) is 15.2. The summed E-state index contributed by atoms with van der Waals surface area (Å²) in [4.78, 5) is 16.8. The van der Waals surface area contributed by atoms with Crippen LogP contribution in [0.15, 0.2) is 30.3 Å². The molecule has 5 heteroatoms. The van der Waals surface area contributed by atoms with Gasteiger partial charge in [-0.1, -0.05) is 37.3 Å². The van der Waals surface area contributed by atoms with Crippen LogP contribution in [0.5, 0.6) is 0 Å². The Balaban J connectivity index is 1.61. The molecule has 2 heterocycles. The molecule has 0 bridgehead atoms. The summed E-state index contributed by atoms with van der Waals surface area (Å²) in [6.07, 6.45) is 3.35. The first kappa shape index (κ1) is 18.2. The summed E-state index contributed by atoms with van der Waals surface area (Å²) in [7, 11) is 0. The lowest BCUT2D eigenvalue weighted by molar-refractivity contribution is 0.133. The molecule has 3 rings (SSSR count). The van der Waals surface area contributed by atoms with E-state index in [1.807, 2.05) is 11.0 Å². The van der Waals surface area contributed by atoms with Crippen LogP contribution < -0.4 is 5.32 Å². The molecule has 0 radical (unpaired) electrons. The van der Waals surface area contributed by atoms with Gasteiger partial charge in [0.1, 0.15) is 0 Å². The Labute approximate surface area is 151 Å². The fourth-order valence-corrected chi connectivity index (χ4v) is 3.94. The van der Waals surface area contributed by atoms with E-state index in [9.17, 15) is 9.90 Å². The van der Waals surface area contributed by atoms with E-state index >= 15 is 0 Å². The predicted octanol–water partition coefficient (Wildman–Crippen LogP) is 2.48. The predicted molar refractivity (Wildman–Crippen MR) is 99.3 cm³/mol. The lowest BCUT2D eigenvalue weighted by Gasteiger charge is -2.37. The first-order valence-corrected chi connectivity index (χ1v) is 9.60. The molecule has 2 saturated heterocycles. The van der Waals surface area contributed by atoms with Crippen LogP contribution in [-0.4, -0.2) is 60.3 Å². The van der Waals surface area contributed by atoms with E-state index < -0.39 is 0 Å². The van der Waals surface area contributed by atoms with Gasteiger partial charge < -0.3 is 15.3 Å². The van der Waals surface area contributed by atoms with Crippen molar-refractivity contribution in [2.24, 2.45) is 11.8 Å². The number of hydrogen-bond acceptors (Lipinski definition) is 3. The third kappa shape index (κ3) is 4.73. The summed E-state index contributed by atoms with van der Waals surface area (Å²) in [5.74, 6) is 1.03. The Hall–Kier alpha value is -1.59. The minimum absolute atomic E-state index is 0.00209. The van der Waals surface area contributed by atoms with Crippen LogP contribution in [0.3, 0.4) is 0 Å². The largest absolute Gasteiger partial charge is 0.396 e. The maximum atomic E-state index is 12.5. The average molecular weight is 345 g/mol. The number of rotatable bonds is 5. The first-order chi connectivity index (χ1) is 12.2. The van der Waals surface area contributed by atoms with Gasteiger partial charge in [0.05, 0.1) is 6.04 Å². The van der Waals surface area contributed by atoms with Gasteiger partial charge in [-0.15, -0.1) is 0 Å². The molecule has 2 aliphatic heterocycles. The Bertz CT molecular complexity index is 543. The molecule has 25 heavy (non-hydrogen) atoms. The third-order valence-corrected chi connectivity index (χ3v) is 5.72. The quantitative estimate of drug-likeness (QED) is 0.862. The standard InChI is InChI=1S/C20H31N3O2/c1-16-7-10-22(11-8-16)19(18-5-3-2-4-6-18)13-21-20(25)23-12-9-17(14-23)15-24/h2-6,16-17,19,24H,7-15H2,1H3,(H,21,25). The molecule has 2 unspecified atom stereocenters. The van der Waals surface area contributed by atoms with Crippen LogP contribution in [0.4, 0.5) is 4.79 Å². The number of likely N-dealkylation sites (tertiary alicyclic amines) is 2. The van der Waals surface area contributed by atoms with Gasteiger partial charge in [0, 0.05) is 32.2 Å². The highest BCUT2D eigenvalue weighted by Crippen LogP contribution is 2.26. The van der Waals surface area contributed by atoms with Crippen molar-refractivity contribution in [3.05, 3.63) is 35.9 Å². The SMILES string of the molecule is CC1CCN(C(CNC(=O)N2CCC(CO)C2)c2ccccc2)CC1. The fraction of sp³-hybridized carbons (Fsp3) is 0.650. The summed E-state index contributed by atoms with van der Waals surface area (Å²) in [5.41, 5.74) is 1.27. The van der Waals surface area contributed by atoms with E-state index in [4.69, 9.17) is 0 Å². The molecule has 2 atom stereocenters. The summed E-state index contributed by atoms with van der Waals surface area (Å²) in [6.45, 7) is 6.72. The molecule has 138 valence electrons. The number of aliphatic hydroxyl groups excluding tert-OH is 1. The number of benzene rings is 1. The van der Waals surface area contributed by atoms with Crippen LogP contribution >= 0.6 is 0 Å². The minimum atomic E-state index is 0.00209. The van der Waals surface area contributed by atoms with Crippen molar-refractivity contribution in [2.45, 2.75) is 32.2 Å². The van der Waals surface area contributed by atoms with Crippen molar-refractivity contribution in [3.8, 4) is 0 Å². The Kier molecular flexibility index (Phi) is 6.32. The molecule has 0 saturated carbocycles. The monoisotopic (exact) mass is 345 g/mol. The smallest absolute Gasteiger partial charge is 0.317 e. The maximum Gasteiger partial charge on any atom is 0.317 e. The average Bonchev–Trinajstić information content (AvgIpc) is 3.13. The number of amides is 2. The number of hydrogen-bond donors (Lipinski definition) is 2. The Morgan fingerprint density at radius 3 is 2.56 bits per heavy atom. The maximum absolute atomic E-state index is 12.5. The molecule has 0 aromatic heterocycles. The highest BCUT2D eigenvalue weighted by Gasteiger charge is 2.28. The number of carbonyl (C=O) groups is 1. The van der Waals surface area contributed by atoms with E-state index in [2.05, 4.69) is 41.4 Å². The van der Waals surface area contributed by atoms with Crippen LogP contribution in [0, 0.1) is 11.8 Å². The normalized spacial score (nSPS) is 23.6. The van der Waals surface area contributed by atoms with E-state index in [0.717, 1.165) is 32.0 Å². The number of nitrogens with one attached hydrogen (secondary N) is 1. The molecule has 0 spiro atoms. The first-order valence-electron chi connectivity index (χ1n) is 9.60. The lowest BCUT2D eigenvalue weighted by Crippen LogP contribution is -2.45. The van der Waals surface area contributed by atoms with Gasteiger partial charge in [-0.05, 0) is 43.8 Å². The molecule has 0 aliphatic carbocycles. The van der Waals surface area contributed by atoms with Gasteiger partial charge in [0.25, 0.3) is 0 Å².